The Morgan fingerprint density at radius 1 is 0.491 bits per heavy atom. The number of nitrogens with zero attached hydrogens (tertiary/aromatic N) is 1. The topological polar surface area (TPSA) is 3.24 Å². The van der Waals surface area contributed by atoms with Gasteiger partial charge in [-0.25, -0.2) is 0 Å². The van der Waals surface area contributed by atoms with E-state index < -0.39 is 0 Å². The molecule has 0 atom stereocenters. The van der Waals surface area contributed by atoms with Gasteiger partial charge in [0, 0.05) is 16.8 Å². The highest BCUT2D eigenvalue weighted by molar-refractivity contribution is 6.00. The van der Waals surface area contributed by atoms with E-state index in [9.17, 15) is 0 Å². The molecule has 9 rings (SSSR count). The number of anilines is 3. The molecule has 1 heteroatoms. The first-order valence-corrected chi connectivity index (χ1v) is 19.1. The van der Waals surface area contributed by atoms with Crippen LogP contribution in [0.4, 0.5) is 17.1 Å². The minimum atomic E-state index is -0.135. The third kappa shape index (κ3) is 5.90. The zero-order valence-corrected chi connectivity index (χ0v) is 31.6. The van der Waals surface area contributed by atoms with E-state index in [-0.39, 0.29) is 5.41 Å². The maximum atomic E-state index is 4.00. The molecular weight excluding hydrogens is 663 g/mol. The summed E-state index contributed by atoms with van der Waals surface area (Å²) in [4.78, 5) is 2.48. The number of benzene rings is 8. The van der Waals surface area contributed by atoms with Gasteiger partial charge in [0.1, 0.15) is 0 Å². The lowest BCUT2D eigenvalue weighted by Gasteiger charge is -2.31. The molecule has 0 aromatic heterocycles. The minimum absolute atomic E-state index is 0.135. The van der Waals surface area contributed by atoms with Crippen LogP contribution >= 0.6 is 0 Å². The van der Waals surface area contributed by atoms with Crippen molar-refractivity contribution in [2.75, 3.05) is 4.90 Å². The Hall–Kier alpha value is -6.70. The van der Waals surface area contributed by atoms with Crippen LogP contribution in [-0.2, 0) is 5.41 Å². The molecule has 1 nitrogen and oxygen atoms in total. The van der Waals surface area contributed by atoms with Crippen LogP contribution in [0.2, 0.25) is 0 Å². The van der Waals surface area contributed by atoms with Crippen LogP contribution in [0.3, 0.4) is 0 Å². The van der Waals surface area contributed by atoms with Crippen molar-refractivity contribution in [2.45, 2.75) is 26.2 Å². The summed E-state index contributed by atoms with van der Waals surface area (Å²) in [6, 6.07) is 64.4. The number of rotatable bonds is 8. The zero-order chi connectivity index (χ0) is 37.5. The van der Waals surface area contributed by atoms with Gasteiger partial charge in [-0.1, -0.05) is 184 Å². The average Bonchev–Trinajstić information content (AvgIpc) is 3.47. The van der Waals surface area contributed by atoms with Gasteiger partial charge in [0.2, 0.25) is 0 Å². The van der Waals surface area contributed by atoms with Crippen LogP contribution in [0.15, 0.2) is 195 Å². The Bertz CT molecular complexity index is 2750. The van der Waals surface area contributed by atoms with Crippen LogP contribution in [-0.4, -0.2) is 0 Å². The molecule has 0 amide bonds. The van der Waals surface area contributed by atoms with Gasteiger partial charge in [0.05, 0.1) is 5.69 Å². The quantitative estimate of drug-likeness (QED) is 0.142. The van der Waals surface area contributed by atoms with Gasteiger partial charge < -0.3 is 4.90 Å². The fourth-order valence-corrected chi connectivity index (χ4v) is 8.68. The third-order valence-electron chi connectivity index (χ3n) is 11.4. The monoisotopic (exact) mass is 705 g/mol. The van der Waals surface area contributed by atoms with Gasteiger partial charge >= 0.3 is 0 Å². The van der Waals surface area contributed by atoms with Crippen LogP contribution in [0.1, 0.15) is 36.1 Å². The van der Waals surface area contributed by atoms with E-state index in [4.69, 9.17) is 0 Å². The summed E-state index contributed by atoms with van der Waals surface area (Å²) in [5.74, 6) is 0. The molecule has 0 spiro atoms. The van der Waals surface area contributed by atoms with Crippen molar-refractivity contribution in [2.24, 2.45) is 0 Å². The van der Waals surface area contributed by atoms with Crippen LogP contribution in [0.5, 0.6) is 0 Å². The van der Waals surface area contributed by atoms with Gasteiger partial charge in [0.15, 0.2) is 0 Å². The molecule has 8 aromatic carbocycles. The Kier molecular flexibility index (Phi) is 8.64. The lowest BCUT2D eigenvalue weighted by atomic mass is 9.82. The smallest absolute Gasteiger partial charge is 0.0503 e. The summed E-state index contributed by atoms with van der Waals surface area (Å²) in [6.07, 6.45) is 6.11. The highest BCUT2D eigenvalue weighted by atomic mass is 15.1. The molecule has 0 aliphatic heterocycles. The Balaban J connectivity index is 1.32. The van der Waals surface area contributed by atoms with E-state index in [1.807, 2.05) is 12.2 Å². The van der Waals surface area contributed by atoms with Crippen molar-refractivity contribution >= 4 is 33.9 Å². The van der Waals surface area contributed by atoms with Gasteiger partial charge in [-0.2, -0.15) is 0 Å². The first-order valence-electron chi connectivity index (χ1n) is 19.1. The molecule has 55 heavy (non-hydrogen) atoms. The molecular formula is C54H43N. The number of hydrogen-bond donors (Lipinski definition) is 0. The van der Waals surface area contributed by atoms with E-state index >= 15 is 0 Å². The second-order valence-corrected chi connectivity index (χ2v) is 15.0. The maximum Gasteiger partial charge on any atom is 0.0503 e. The molecule has 0 saturated heterocycles. The molecule has 0 bridgehead atoms. The molecule has 0 unspecified atom stereocenters. The van der Waals surface area contributed by atoms with Crippen LogP contribution in [0, 0.1) is 6.92 Å². The molecule has 1 aliphatic carbocycles. The third-order valence-corrected chi connectivity index (χ3v) is 11.4. The summed E-state index contributed by atoms with van der Waals surface area (Å²) in [5, 5.41) is 2.42. The fraction of sp³-hybridized carbons (Fsp3) is 0.0741. The van der Waals surface area contributed by atoms with E-state index in [1.54, 1.807) is 0 Å². The molecule has 0 radical (unpaired) electrons. The SMILES string of the molecule is C=C/C=C\c1c(C)c(N(c2ccc(-c3ccccc3-c3ccccc3)c(-c3ccccc3)c2)c2ccc3c(c2)C(C)(C)c2ccccc2-3)cc2ccccc12. The average molecular weight is 706 g/mol. The van der Waals surface area contributed by atoms with Crippen molar-refractivity contribution in [1.82, 2.24) is 0 Å². The predicted octanol–water partition coefficient (Wildman–Crippen LogP) is 15.1. The minimum Gasteiger partial charge on any atom is -0.310 e. The van der Waals surface area contributed by atoms with Gasteiger partial charge in [0.25, 0.3) is 0 Å². The number of hydrogen-bond acceptors (Lipinski definition) is 1. The molecule has 0 saturated carbocycles. The molecule has 8 aromatic rings. The molecule has 1 aliphatic rings. The second-order valence-electron chi connectivity index (χ2n) is 15.0. The number of fused-ring (bicyclic) bond motifs is 4. The van der Waals surface area contributed by atoms with Gasteiger partial charge in [-0.3, -0.25) is 0 Å². The summed E-state index contributed by atoms with van der Waals surface area (Å²) in [7, 11) is 0. The highest BCUT2D eigenvalue weighted by Gasteiger charge is 2.36. The molecule has 0 fully saturated rings. The molecule has 0 N–H and O–H groups in total. The van der Waals surface area contributed by atoms with Crippen LogP contribution in [0.25, 0.3) is 61.4 Å². The van der Waals surface area contributed by atoms with Gasteiger partial charge in [-0.15, -0.1) is 0 Å². The second kappa shape index (κ2) is 13.9. The Morgan fingerprint density at radius 3 is 1.76 bits per heavy atom. The molecule has 0 heterocycles. The zero-order valence-electron chi connectivity index (χ0n) is 31.6. The first kappa shape index (κ1) is 34.1. The normalized spacial score (nSPS) is 12.8. The van der Waals surface area contributed by atoms with Gasteiger partial charge in [-0.05, 0) is 115 Å². The standard InChI is InChI=1S/C54H43N/c1-5-6-24-43-37(2)53(34-40-23-13-14-26-45(40)43)55(42-31-33-49-48-28-17-18-29-51(48)54(3,4)52(49)36-42)41-30-32-47(50(35-41)39-21-11-8-12-22-39)46-27-16-15-25-44(46)38-19-9-7-10-20-38/h5-36H,1H2,2-4H3/b24-6-. The Morgan fingerprint density at radius 2 is 1.04 bits per heavy atom. The van der Waals surface area contributed by atoms with Crippen molar-refractivity contribution in [3.63, 3.8) is 0 Å². The van der Waals surface area contributed by atoms with E-state index in [0.717, 1.165) is 17.1 Å². The fourth-order valence-electron chi connectivity index (χ4n) is 8.68. The largest absolute Gasteiger partial charge is 0.310 e. The first-order chi connectivity index (χ1) is 26.9. The Labute approximate surface area is 325 Å². The van der Waals surface area contributed by atoms with E-state index in [1.165, 1.54) is 77.5 Å². The number of allylic oxidation sites excluding steroid dienone is 2. The maximum absolute atomic E-state index is 4.00. The summed E-state index contributed by atoms with van der Waals surface area (Å²) >= 11 is 0. The summed E-state index contributed by atoms with van der Waals surface area (Å²) in [6.45, 7) is 11.0. The van der Waals surface area contributed by atoms with E-state index in [2.05, 4.69) is 214 Å². The lowest BCUT2D eigenvalue weighted by molar-refractivity contribution is 0.660. The van der Waals surface area contributed by atoms with Crippen molar-refractivity contribution in [3.05, 3.63) is 217 Å². The van der Waals surface area contributed by atoms with Crippen LogP contribution < -0.4 is 4.90 Å². The van der Waals surface area contributed by atoms with E-state index in [0.29, 0.717) is 0 Å². The molecule has 264 valence electrons. The van der Waals surface area contributed by atoms with Crippen molar-refractivity contribution in [1.29, 1.82) is 0 Å². The van der Waals surface area contributed by atoms with Crippen molar-refractivity contribution in [3.8, 4) is 44.5 Å². The summed E-state index contributed by atoms with van der Waals surface area (Å²) < 4.78 is 0. The summed E-state index contributed by atoms with van der Waals surface area (Å²) in [5.41, 5.74) is 18.2. The predicted molar refractivity (Wildman–Crippen MR) is 236 cm³/mol. The lowest BCUT2D eigenvalue weighted by Crippen LogP contribution is -2.17. The highest BCUT2D eigenvalue weighted by Crippen LogP contribution is 2.52. The van der Waals surface area contributed by atoms with Crippen molar-refractivity contribution < 1.29 is 0 Å².